The molecule has 1 aliphatic carbocycles. The lowest BCUT2D eigenvalue weighted by molar-refractivity contribution is 0.289. The van der Waals surface area contributed by atoms with E-state index in [0.29, 0.717) is 6.04 Å². The lowest BCUT2D eigenvalue weighted by Crippen LogP contribution is -2.39. The molecule has 1 N–H and O–H groups in total. The molecule has 0 aromatic heterocycles. The van der Waals surface area contributed by atoms with Crippen molar-refractivity contribution in [2.75, 3.05) is 0 Å². The van der Waals surface area contributed by atoms with Gasteiger partial charge in [-0.1, -0.05) is 54.1 Å². The summed E-state index contributed by atoms with van der Waals surface area (Å²) in [5.74, 6) is 0.740. The molecule has 0 radical (unpaired) electrons. The number of hydrogen-bond donors (Lipinski definition) is 1. The van der Waals surface area contributed by atoms with Gasteiger partial charge in [-0.3, -0.25) is 0 Å². The van der Waals surface area contributed by atoms with Gasteiger partial charge in [-0.25, -0.2) is 0 Å². The molecule has 98 valence electrons. The van der Waals surface area contributed by atoms with Crippen LogP contribution in [0.1, 0.15) is 29.9 Å². The van der Waals surface area contributed by atoms with Crippen molar-refractivity contribution in [1.29, 1.82) is 0 Å². The number of benzene rings is 2. The second-order valence-electron chi connectivity index (χ2n) is 5.28. The fourth-order valence-corrected chi connectivity index (χ4v) is 2.77. The summed E-state index contributed by atoms with van der Waals surface area (Å²) in [6, 6.07) is 19.5. The molecule has 1 nitrogen and oxygen atoms in total. The molecule has 3 rings (SSSR count). The van der Waals surface area contributed by atoms with Crippen LogP contribution in [0.5, 0.6) is 0 Å². The van der Waals surface area contributed by atoms with Crippen molar-refractivity contribution < 1.29 is 0 Å². The molecule has 0 atom stereocenters. The standard InChI is InChI=1S/C17H18ClN/c18-16-8-6-13(7-9-16)12-19-17-10-15(11-17)14-4-2-1-3-5-14/h1-9,15,17,19H,10-12H2. The van der Waals surface area contributed by atoms with Crippen molar-refractivity contribution in [3.63, 3.8) is 0 Å². The highest BCUT2D eigenvalue weighted by atomic mass is 35.5. The molecular weight excluding hydrogens is 254 g/mol. The highest BCUT2D eigenvalue weighted by Gasteiger charge is 2.29. The molecule has 2 aromatic carbocycles. The number of halogens is 1. The zero-order chi connectivity index (χ0) is 13.1. The van der Waals surface area contributed by atoms with E-state index in [0.717, 1.165) is 17.5 Å². The van der Waals surface area contributed by atoms with Crippen LogP contribution in [0.25, 0.3) is 0 Å². The Kier molecular flexibility index (Phi) is 3.86. The van der Waals surface area contributed by atoms with Gasteiger partial charge in [-0.05, 0) is 42.0 Å². The molecule has 0 unspecified atom stereocenters. The van der Waals surface area contributed by atoms with Gasteiger partial charge in [0.05, 0.1) is 0 Å². The quantitative estimate of drug-likeness (QED) is 0.870. The SMILES string of the molecule is Clc1ccc(CNC2CC(c3ccccc3)C2)cc1. The van der Waals surface area contributed by atoms with Gasteiger partial charge in [0, 0.05) is 17.6 Å². The average Bonchev–Trinajstić information content (AvgIpc) is 2.40. The Hall–Kier alpha value is -1.31. The summed E-state index contributed by atoms with van der Waals surface area (Å²) >= 11 is 5.88. The molecule has 1 saturated carbocycles. The van der Waals surface area contributed by atoms with Crippen LogP contribution in [0.15, 0.2) is 54.6 Å². The van der Waals surface area contributed by atoms with E-state index in [4.69, 9.17) is 11.6 Å². The second-order valence-corrected chi connectivity index (χ2v) is 5.72. The van der Waals surface area contributed by atoms with Crippen molar-refractivity contribution in [2.24, 2.45) is 0 Å². The average molecular weight is 272 g/mol. The Balaban J connectivity index is 1.46. The van der Waals surface area contributed by atoms with Gasteiger partial charge in [0.25, 0.3) is 0 Å². The first-order valence-corrected chi connectivity index (χ1v) is 7.22. The topological polar surface area (TPSA) is 12.0 Å². The number of rotatable bonds is 4. The Morgan fingerprint density at radius 3 is 2.32 bits per heavy atom. The number of nitrogens with one attached hydrogen (secondary N) is 1. The zero-order valence-corrected chi connectivity index (χ0v) is 11.6. The highest BCUT2D eigenvalue weighted by Crippen LogP contribution is 2.36. The summed E-state index contributed by atoms with van der Waals surface area (Å²) in [6.07, 6.45) is 2.50. The minimum atomic E-state index is 0.654. The van der Waals surface area contributed by atoms with E-state index in [1.807, 2.05) is 12.1 Å². The van der Waals surface area contributed by atoms with Crippen LogP contribution in [0.3, 0.4) is 0 Å². The third kappa shape index (κ3) is 3.17. The summed E-state index contributed by atoms with van der Waals surface area (Å²) in [4.78, 5) is 0. The maximum Gasteiger partial charge on any atom is 0.0406 e. The van der Waals surface area contributed by atoms with Gasteiger partial charge in [-0.15, -0.1) is 0 Å². The van der Waals surface area contributed by atoms with Crippen LogP contribution in [-0.2, 0) is 6.54 Å². The van der Waals surface area contributed by atoms with E-state index in [2.05, 4.69) is 47.8 Å². The summed E-state index contributed by atoms with van der Waals surface area (Å²) in [5.41, 5.74) is 2.78. The Bertz CT molecular complexity index is 515. The maximum atomic E-state index is 5.88. The zero-order valence-electron chi connectivity index (χ0n) is 10.9. The molecule has 0 heterocycles. The van der Waals surface area contributed by atoms with E-state index in [9.17, 15) is 0 Å². The second kappa shape index (κ2) is 5.77. The third-order valence-electron chi connectivity index (χ3n) is 3.92. The van der Waals surface area contributed by atoms with E-state index < -0.39 is 0 Å². The lowest BCUT2D eigenvalue weighted by Gasteiger charge is -2.36. The van der Waals surface area contributed by atoms with Crippen LogP contribution in [0, 0.1) is 0 Å². The minimum absolute atomic E-state index is 0.654. The fourth-order valence-electron chi connectivity index (χ4n) is 2.65. The summed E-state index contributed by atoms with van der Waals surface area (Å²) in [7, 11) is 0. The third-order valence-corrected chi connectivity index (χ3v) is 4.17. The molecule has 0 bridgehead atoms. The molecular formula is C17H18ClN. The highest BCUT2D eigenvalue weighted by molar-refractivity contribution is 6.30. The largest absolute Gasteiger partial charge is 0.310 e. The first-order chi connectivity index (χ1) is 9.31. The monoisotopic (exact) mass is 271 g/mol. The van der Waals surface area contributed by atoms with Gasteiger partial charge in [0.15, 0.2) is 0 Å². The van der Waals surface area contributed by atoms with Crippen LogP contribution in [0.4, 0.5) is 0 Å². The van der Waals surface area contributed by atoms with E-state index in [1.54, 1.807) is 0 Å². The Morgan fingerprint density at radius 1 is 0.947 bits per heavy atom. The summed E-state index contributed by atoms with van der Waals surface area (Å²) < 4.78 is 0. The first-order valence-electron chi connectivity index (χ1n) is 6.84. The molecule has 1 aliphatic rings. The summed E-state index contributed by atoms with van der Waals surface area (Å²) in [5, 5.41) is 4.41. The minimum Gasteiger partial charge on any atom is -0.310 e. The molecule has 2 aromatic rings. The van der Waals surface area contributed by atoms with Gasteiger partial charge in [-0.2, -0.15) is 0 Å². The first kappa shape index (κ1) is 12.7. The van der Waals surface area contributed by atoms with Crippen LogP contribution >= 0.6 is 11.6 Å². The molecule has 2 heteroatoms. The summed E-state index contributed by atoms with van der Waals surface area (Å²) in [6.45, 7) is 0.934. The molecule has 0 aliphatic heterocycles. The van der Waals surface area contributed by atoms with Crippen molar-refractivity contribution in [2.45, 2.75) is 31.3 Å². The van der Waals surface area contributed by atoms with Crippen LogP contribution in [0.2, 0.25) is 5.02 Å². The van der Waals surface area contributed by atoms with Crippen molar-refractivity contribution in [3.8, 4) is 0 Å². The smallest absolute Gasteiger partial charge is 0.0406 e. The molecule has 0 spiro atoms. The lowest BCUT2D eigenvalue weighted by atomic mass is 9.76. The van der Waals surface area contributed by atoms with Crippen LogP contribution in [-0.4, -0.2) is 6.04 Å². The van der Waals surface area contributed by atoms with Crippen molar-refractivity contribution in [3.05, 3.63) is 70.7 Å². The van der Waals surface area contributed by atoms with Gasteiger partial charge >= 0.3 is 0 Å². The van der Waals surface area contributed by atoms with Gasteiger partial charge < -0.3 is 5.32 Å². The van der Waals surface area contributed by atoms with Gasteiger partial charge in [0.1, 0.15) is 0 Å². The van der Waals surface area contributed by atoms with Crippen molar-refractivity contribution in [1.82, 2.24) is 5.32 Å². The van der Waals surface area contributed by atoms with E-state index >= 15 is 0 Å². The van der Waals surface area contributed by atoms with E-state index in [-0.39, 0.29) is 0 Å². The predicted octanol–water partition coefficient (Wildman–Crippen LogP) is 4.38. The molecule has 1 fully saturated rings. The Labute approximate surface area is 119 Å². The Morgan fingerprint density at radius 2 is 1.63 bits per heavy atom. The predicted molar refractivity (Wildman–Crippen MR) is 80.5 cm³/mol. The molecule has 19 heavy (non-hydrogen) atoms. The fraction of sp³-hybridized carbons (Fsp3) is 0.294. The number of hydrogen-bond acceptors (Lipinski definition) is 1. The normalized spacial score (nSPS) is 21.9. The molecule has 0 saturated heterocycles. The maximum absolute atomic E-state index is 5.88. The van der Waals surface area contributed by atoms with Crippen molar-refractivity contribution >= 4 is 11.6 Å². The van der Waals surface area contributed by atoms with Gasteiger partial charge in [0.2, 0.25) is 0 Å². The van der Waals surface area contributed by atoms with Crippen LogP contribution < -0.4 is 5.32 Å². The van der Waals surface area contributed by atoms with E-state index in [1.165, 1.54) is 24.0 Å². The molecule has 0 amide bonds.